The van der Waals surface area contributed by atoms with Gasteiger partial charge in [0.05, 0.1) is 26.3 Å². The Morgan fingerprint density at radius 2 is 1.44 bits per heavy atom. The van der Waals surface area contributed by atoms with Crippen molar-refractivity contribution in [1.29, 1.82) is 0 Å². The fraction of sp³-hybridized carbons (Fsp3) is 0.500. The van der Waals surface area contributed by atoms with Crippen LogP contribution in [0.25, 0.3) is 0 Å². The van der Waals surface area contributed by atoms with Crippen molar-refractivity contribution in [3.8, 4) is 0 Å². The van der Waals surface area contributed by atoms with Crippen LogP contribution in [-0.2, 0) is 9.59 Å². The summed E-state index contributed by atoms with van der Waals surface area (Å²) in [5, 5.41) is 7.33. The largest absolute Gasteiger partial charge is 0.352 e. The van der Waals surface area contributed by atoms with E-state index in [-0.39, 0.29) is 33.4 Å². The van der Waals surface area contributed by atoms with Crippen molar-refractivity contribution in [3.05, 3.63) is 80.3 Å². The van der Waals surface area contributed by atoms with Gasteiger partial charge in [0.15, 0.2) is 0 Å². The lowest BCUT2D eigenvalue weighted by Crippen LogP contribution is -2.36. The van der Waals surface area contributed by atoms with Gasteiger partial charge in [-0.15, -0.1) is 11.8 Å². The molecule has 310 valence electrons. The van der Waals surface area contributed by atoms with Gasteiger partial charge in [-0.05, 0) is 61.2 Å². The topological polar surface area (TPSA) is 103 Å². The predicted molar refractivity (Wildman–Crippen MR) is 242 cm³/mol. The van der Waals surface area contributed by atoms with E-state index in [9.17, 15) is 14.4 Å². The highest BCUT2D eigenvalue weighted by molar-refractivity contribution is 8.01. The van der Waals surface area contributed by atoms with Crippen molar-refractivity contribution >= 4 is 98.8 Å². The van der Waals surface area contributed by atoms with E-state index in [4.69, 9.17) is 51.4 Å². The van der Waals surface area contributed by atoms with Crippen molar-refractivity contribution in [2.45, 2.75) is 134 Å². The first-order valence-electron chi connectivity index (χ1n) is 20.5. The van der Waals surface area contributed by atoms with Gasteiger partial charge in [-0.1, -0.05) is 163 Å². The van der Waals surface area contributed by atoms with Gasteiger partial charge < -0.3 is 10.6 Å². The third-order valence-corrected chi connectivity index (χ3v) is 12.5. The number of amides is 3. The van der Waals surface area contributed by atoms with Crippen LogP contribution in [0.4, 0.5) is 17.1 Å². The lowest BCUT2D eigenvalue weighted by atomic mass is 9.99. The number of thioether (sulfide) groups is 1. The summed E-state index contributed by atoms with van der Waals surface area (Å²) >= 11 is 27.2. The van der Waals surface area contributed by atoms with E-state index in [1.54, 1.807) is 30.3 Å². The van der Waals surface area contributed by atoms with Crippen LogP contribution in [0.3, 0.4) is 0 Å². The van der Waals surface area contributed by atoms with Gasteiger partial charge in [-0.25, -0.2) is 10.0 Å². The molecule has 1 aliphatic heterocycles. The molecule has 8 nitrogen and oxygen atoms in total. The summed E-state index contributed by atoms with van der Waals surface area (Å²) in [6.45, 7) is 7.10. The van der Waals surface area contributed by atoms with Crippen LogP contribution in [-0.4, -0.2) is 35.4 Å². The fourth-order valence-corrected chi connectivity index (χ4v) is 8.97. The van der Waals surface area contributed by atoms with E-state index < -0.39 is 11.2 Å². The standard InChI is InChI=1S/C44H57Cl4N5O3S/c1-4-7-9-10-11-12-13-14-15-16-17-23-39(54)50-32-24-25-34(46)37(28-32)51-42-41(44(56)53(52-42)40-35(47)26-31(45)27-36(40)48)57-38-22-19-18-21-33(38)43(55)49-29-30(6-3)20-8-5-2/h18-19,21-22,24-28,30,41H,4-17,20,23,29H2,1-3H3,(H,49,55)(H,50,54)(H,51,52). The molecule has 0 aromatic heterocycles. The number of hydrazine groups is 1. The number of unbranched alkanes of at least 4 members (excludes halogenated alkanes) is 11. The molecular formula is C44H57Cl4N5O3S. The third-order valence-electron chi connectivity index (χ3n) is 10.1. The first-order chi connectivity index (χ1) is 27.6. The Hall–Kier alpha value is -2.95. The second-order valence-electron chi connectivity index (χ2n) is 14.6. The Labute approximate surface area is 363 Å². The molecule has 0 aliphatic carbocycles. The van der Waals surface area contributed by atoms with Crippen LogP contribution < -0.4 is 21.1 Å². The normalized spacial score (nSPS) is 15.2. The van der Waals surface area contributed by atoms with Crippen LogP contribution in [0.5, 0.6) is 0 Å². The SMILES string of the molecule is CCCCCCCCCCCCCC(=O)Nc1ccc(Cl)c(N=C2NN(c3c(Cl)cc(Cl)cc3Cl)C(=O)C2Sc2ccccc2C(=O)NCC(CC)CCCC)c1. The van der Waals surface area contributed by atoms with Gasteiger partial charge in [0.2, 0.25) is 5.91 Å². The Morgan fingerprint density at radius 1 is 0.807 bits per heavy atom. The number of carbonyl (C=O) groups excluding carboxylic acids is 3. The zero-order chi connectivity index (χ0) is 41.2. The van der Waals surface area contributed by atoms with Crippen molar-refractivity contribution in [2.75, 3.05) is 16.9 Å². The summed E-state index contributed by atoms with van der Waals surface area (Å²) in [5.74, 6) is -0.105. The molecule has 4 rings (SSSR count). The average Bonchev–Trinajstić information content (AvgIpc) is 3.47. The summed E-state index contributed by atoms with van der Waals surface area (Å²) in [6, 6.07) is 15.2. The lowest BCUT2D eigenvalue weighted by Gasteiger charge is -2.19. The number of nitrogens with one attached hydrogen (secondary N) is 3. The fourth-order valence-electron chi connectivity index (χ4n) is 6.71. The first-order valence-corrected chi connectivity index (χ1v) is 22.9. The summed E-state index contributed by atoms with van der Waals surface area (Å²) in [6.07, 6.45) is 18.0. The van der Waals surface area contributed by atoms with E-state index >= 15 is 0 Å². The van der Waals surface area contributed by atoms with Gasteiger partial charge in [-0.2, -0.15) is 0 Å². The van der Waals surface area contributed by atoms with Crippen LogP contribution in [0.2, 0.25) is 20.1 Å². The number of anilines is 2. The monoisotopic (exact) mass is 875 g/mol. The lowest BCUT2D eigenvalue weighted by molar-refractivity contribution is -0.117. The first kappa shape index (κ1) is 46.7. The van der Waals surface area contributed by atoms with Gasteiger partial charge in [0.1, 0.15) is 16.8 Å². The molecule has 2 atom stereocenters. The molecule has 0 saturated carbocycles. The average molecular weight is 878 g/mol. The van der Waals surface area contributed by atoms with Crippen molar-refractivity contribution < 1.29 is 14.4 Å². The zero-order valence-corrected chi connectivity index (χ0v) is 37.3. The number of rotatable bonds is 24. The molecule has 13 heteroatoms. The maximum atomic E-state index is 14.3. The molecule has 0 radical (unpaired) electrons. The van der Waals surface area contributed by atoms with E-state index in [0.29, 0.717) is 50.8 Å². The molecule has 57 heavy (non-hydrogen) atoms. The highest BCUT2D eigenvalue weighted by Crippen LogP contribution is 2.41. The summed E-state index contributed by atoms with van der Waals surface area (Å²) in [4.78, 5) is 46.2. The molecule has 1 heterocycles. The minimum atomic E-state index is -0.954. The number of hydrogen-bond donors (Lipinski definition) is 3. The highest BCUT2D eigenvalue weighted by atomic mass is 35.5. The van der Waals surface area contributed by atoms with Crippen LogP contribution in [0.1, 0.15) is 134 Å². The third kappa shape index (κ3) is 14.7. The molecule has 1 aliphatic rings. The summed E-state index contributed by atoms with van der Waals surface area (Å²) in [5.41, 5.74) is 4.63. The van der Waals surface area contributed by atoms with Crippen LogP contribution in [0.15, 0.2) is 64.5 Å². The number of benzene rings is 3. The predicted octanol–water partition coefficient (Wildman–Crippen LogP) is 13.6. The van der Waals surface area contributed by atoms with Gasteiger partial charge in [0.25, 0.3) is 11.8 Å². The Balaban J connectivity index is 1.50. The van der Waals surface area contributed by atoms with Crippen LogP contribution in [0, 0.1) is 5.92 Å². The highest BCUT2D eigenvalue weighted by Gasteiger charge is 2.41. The molecule has 3 amide bonds. The van der Waals surface area contributed by atoms with E-state index in [1.807, 2.05) is 12.1 Å². The number of carbonyl (C=O) groups is 3. The molecule has 2 unspecified atom stereocenters. The summed E-state index contributed by atoms with van der Waals surface area (Å²) in [7, 11) is 0. The quantitative estimate of drug-likeness (QED) is 0.0778. The molecule has 1 saturated heterocycles. The van der Waals surface area contributed by atoms with Gasteiger partial charge >= 0.3 is 0 Å². The Bertz CT molecular complexity index is 1800. The van der Waals surface area contributed by atoms with Crippen molar-refractivity contribution in [1.82, 2.24) is 10.7 Å². The summed E-state index contributed by atoms with van der Waals surface area (Å²) < 4.78 is 0. The van der Waals surface area contributed by atoms with Gasteiger partial charge in [0, 0.05) is 28.6 Å². The van der Waals surface area contributed by atoms with E-state index in [0.717, 1.165) is 44.9 Å². The number of nitrogens with zero attached hydrogens (tertiary/aromatic N) is 2. The maximum Gasteiger partial charge on any atom is 0.267 e. The molecule has 0 bridgehead atoms. The second-order valence-corrected chi connectivity index (χ2v) is 17.4. The number of halogens is 4. The van der Waals surface area contributed by atoms with Crippen molar-refractivity contribution in [3.63, 3.8) is 0 Å². The minimum Gasteiger partial charge on any atom is -0.352 e. The molecular weight excluding hydrogens is 820 g/mol. The molecule has 3 aromatic rings. The zero-order valence-electron chi connectivity index (χ0n) is 33.4. The number of amidine groups is 1. The van der Waals surface area contributed by atoms with Crippen LogP contribution >= 0.6 is 58.2 Å². The Kier molecular flexibility index (Phi) is 20.4. The van der Waals surface area contributed by atoms with E-state index in [2.05, 4.69) is 36.8 Å². The smallest absolute Gasteiger partial charge is 0.267 e. The molecule has 3 N–H and O–H groups in total. The Morgan fingerprint density at radius 3 is 2.09 bits per heavy atom. The number of hydrogen-bond acceptors (Lipinski definition) is 5. The maximum absolute atomic E-state index is 14.3. The minimum absolute atomic E-state index is 0.0850. The second kappa shape index (κ2) is 24.9. The van der Waals surface area contributed by atoms with Crippen molar-refractivity contribution in [2.24, 2.45) is 10.9 Å². The molecule has 3 aromatic carbocycles. The number of aliphatic imine (C=N–C) groups is 1. The molecule has 1 fully saturated rings. The van der Waals surface area contributed by atoms with Gasteiger partial charge in [-0.3, -0.25) is 19.8 Å². The molecule has 0 spiro atoms. The van der Waals surface area contributed by atoms with E-state index in [1.165, 1.54) is 80.3 Å².